The van der Waals surface area contributed by atoms with Gasteiger partial charge in [0.25, 0.3) is 0 Å². The molecule has 144 heavy (non-hydrogen) atoms. The van der Waals surface area contributed by atoms with Crippen molar-refractivity contribution >= 4 is 106 Å². The van der Waals surface area contributed by atoms with E-state index in [9.17, 15) is 0 Å². The maximum atomic E-state index is 5.09. The molecule has 19 aromatic carbocycles. The molecule has 12 nitrogen and oxygen atoms in total. The van der Waals surface area contributed by atoms with E-state index in [2.05, 4.69) is 392 Å². The number of thiophene rings is 3. The van der Waals surface area contributed by atoms with Crippen molar-refractivity contribution in [2.75, 3.05) is 0 Å². The van der Waals surface area contributed by atoms with Crippen LogP contribution in [-0.2, 0) is 0 Å². The maximum Gasteiger partial charge on any atom is 0.182 e. The van der Waals surface area contributed by atoms with Gasteiger partial charge in [-0.1, -0.05) is 376 Å². The summed E-state index contributed by atoms with van der Waals surface area (Å²) in [4.78, 5) is 54.5. The van der Waals surface area contributed by atoms with E-state index in [1.807, 2.05) is 143 Å². The van der Waals surface area contributed by atoms with Crippen LogP contribution < -0.4 is 0 Å². The van der Waals surface area contributed by atoms with Crippen molar-refractivity contribution in [1.29, 1.82) is 0 Å². The Bertz CT molecular complexity index is 9340. The van der Waals surface area contributed by atoms with Gasteiger partial charge in [-0.3, -0.25) is 9.55 Å². The van der Waals surface area contributed by atoms with Crippen LogP contribution >= 0.6 is 34.0 Å². The molecule has 0 unspecified atom stereocenters. The second-order valence-electron chi connectivity index (χ2n) is 35.2. The third-order valence-corrected chi connectivity index (χ3v) is 29.5. The Labute approximate surface area is 842 Å². The van der Waals surface area contributed by atoms with Crippen molar-refractivity contribution in [3.8, 4) is 186 Å². The summed E-state index contributed by atoms with van der Waals surface area (Å²) in [5.74, 6) is 6.45. The number of rotatable bonds is 17. The molecule has 15 heteroatoms. The van der Waals surface area contributed by atoms with Gasteiger partial charge in [-0.15, -0.1) is 34.0 Å². The topological polar surface area (TPSA) is 147 Å². The summed E-state index contributed by atoms with van der Waals surface area (Å²) < 4.78 is 10.1. The molecule has 0 fully saturated rings. The molecule has 0 saturated carbocycles. The number of benzene rings is 19. The molecule has 0 radical (unpaired) electrons. The van der Waals surface area contributed by atoms with Gasteiger partial charge in [0, 0.05) is 122 Å². The van der Waals surface area contributed by atoms with E-state index in [4.69, 9.17) is 49.8 Å². The van der Waals surface area contributed by atoms with Gasteiger partial charge in [-0.2, -0.15) is 0 Å². The largest absolute Gasteiger partial charge is 0.292 e. The first-order chi connectivity index (χ1) is 71.3. The number of pyridine rings is 1. The van der Waals surface area contributed by atoms with Gasteiger partial charge in [-0.05, 0) is 182 Å². The number of nitrogens with zero attached hydrogens (tertiary/aromatic N) is 12. The van der Waals surface area contributed by atoms with Crippen LogP contribution in [0.1, 0.15) is 0 Å². The summed E-state index contributed by atoms with van der Waals surface area (Å²) in [5.41, 5.74) is 26.0. The molecule has 0 aliphatic heterocycles. The third-order valence-electron chi connectivity index (χ3n) is 26.0. The zero-order valence-corrected chi connectivity index (χ0v) is 79.9. The first-order valence-electron chi connectivity index (χ1n) is 47.7. The predicted octanol–water partition coefficient (Wildman–Crippen LogP) is 34.1. The Morgan fingerprint density at radius 1 is 0.153 bits per heavy atom. The molecule has 0 saturated heterocycles. The van der Waals surface area contributed by atoms with E-state index in [1.54, 1.807) is 6.20 Å². The van der Waals surface area contributed by atoms with Crippen LogP contribution in [0.15, 0.2) is 498 Å². The molecule has 0 bridgehead atoms. The highest BCUT2D eigenvalue weighted by Gasteiger charge is 2.23. The van der Waals surface area contributed by atoms with E-state index in [0.717, 1.165) is 123 Å². The first kappa shape index (κ1) is 87.0. The molecule has 8 aromatic heterocycles. The number of hydrogen-bond donors (Lipinski definition) is 0. The van der Waals surface area contributed by atoms with Crippen molar-refractivity contribution < 1.29 is 0 Å². The molecule has 27 rings (SSSR count). The van der Waals surface area contributed by atoms with Gasteiger partial charge in [0.2, 0.25) is 0 Å². The molecule has 0 aliphatic rings. The summed E-state index contributed by atoms with van der Waals surface area (Å²) in [6.07, 6.45) is 1.77. The smallest absolute Gasteiger partial charge is 0.182 e. The summed E-state index contributed by atoms with van der Waals surface area (Å²) in [7, 11) is 0. The average molecular weight is 1900 g/mol. The first-order valence-corrected chi connectivity index (χ1v) is 50.2. The molecule has 676 valence electrons. The van der Waals surface area contributed by atoms with Gasteiger partial charge in [0.05, 0.1) is 11.0 Å². The Morgan fingerprint density at radius 3 is 0.819 bits per heavy atom. The maximum absolute atomic E-state index is 5.09. The lowest BCUT2D eigenvalue weighted by atomic mass is 9.96. The Hall–Kier alpha value is -18.5. The molecular formula is C129H82N12S3. The molecule has 8 heterocycles. The van der Waals surface area contributed by atoms with E-state index in [-0.39, 0.29) is 0 Å². The summed E-state index contributed by atoms with van der Waals surface area (Å²) in [5, 5.41) is 7.79. The normalized spacial score (nSPS) is 11.3. The quantitative estimate of drug-likeness (QED) is 0.0858. The van der Waals surface area contributed by atoms with Crippen LogP contribution in [0.3, 0.4) is 0 Å². The van der Waals surface area contributed by atoms with Crippen molar-refractivity contribution in [3.63, 3.8) is 0 Å². The molecular weight excluding hydrogens is 1810 g/mol. The van der Waals surface area contributed by atoms with E-state index < -0.39 is 0 Å². The van der Waals surface area contributed by atoms with Gasteiger partial charge in [0.15, 0.2) is 52.4 Å². The minimum Gasteiger partial charge on any atom is -0.292 e. The van der Waals surface area contributed by atoms with E-state index >= 15 is 0 Å². The zero-order valence-electron chi connectivity index (χ0n) is 77.4. The lowest BCUT2D eigenvalue weighted by Gasteiger charge is -2.12. The van der Waals surface area contributed by atoms with Gasteiger partial charge in [0.1, 0.15) is 11.5 Å². The molecule has 0 amide bonds. The molecule has 0 spiro atoms. The van der Waals surface area contributed by atoms with Crippen LogP contribution in [0.4, 0.5) is 0 Å². The fourth-order valence-electron chi connectivity index (χ4n) is 18.7. The number of hydrogen-bond acceptors (Lipinski definition) is 14. The van der Waals surface area contributed by atoms with E-state index in [1.165, 1.54) is 77.2 Å². The molecule has 0 atom stereocenters. The van der Waals surface area contributed by atoms with Crippen molar-refractivity contribution in [2.45, 2.75) is 0 Å². The molecule has 0 N–H and O–H groups in total. The second kappa shape index (κ2) is 38.7. The van der Waals surface area contributed by atoms with Gasteiger partial charge in [-0.25, -0.2) is 49.8 Å². The minimum absolute atomic E-state index is 0.533. The van der Waals surface area contributed by atoms with Gasteiger partial charge >= 0.3 is 0 Å². The summed E-state index contributed by atoms with van der Waals surface area (Å²) >= 11 is 5.51. The highest BCUT2D eigenvalue weighted by atomic mass is 32.1. The zero-order chi connectivity index (χ0) is 95.6. The highest BCUT2D eigenvalue weighted by molar-refractivity contribution is 7.26. The van der Waals surface area contributed by atoms with Crippen molar-refractivity contribution in [1.82, 2.24) is 59.4 Å². The van der Waals surface area contributed by atoms with Gasteiger partial charge < -0.3 is 0 Å². The van der Waals surface area contributed by atoms with Crippen LogP contribution in [0, 0.1) is 0 Å². The SMILES string of the molecule is c1ccc(-c2cc(-c3ccccc3)cc(-c3nc(-c4ccc(-c5ccc6sc7ccccc7c6c5)cc4)nc(-c4ccccn4)n3)c2)cc1.c1ccc(-c2cccc(-c3nc(-c4ccccc4)nc(-c4ccc(-c5ccc6sc7ccccc7c6c5)cc4)n3)c2)cc1.c1ccc(-c2nc(-c3ccc(-c4ccc5sc6ccccc6c5c4)cc3)nc(-c3ccc(-c4nc5ccccc5n4-c4ccccc4)cc3)n2)cc1. The standard InChI is InChI=1S/C46H29N5S.C44H28N4S.C39H25N3S/c1-3-11-31(12-4-1)43-48-44(32-21-19-30(20-22-32)35-27-28-42-38(29-35)37-15-7-10-18-41(37)52-42)50-45(49-43)33-23-25-34(26-24-33)46-47-39-16-8-9-17-40(39)51(46)36-13-5-2-6-14-36;1-3-11-29(12-4-1)34-25-35(30-13-5-2-6-14-30)27-36(26-34)43-46-42(47-44(48-43)39-16-9-10-24-45-39)32-20-18-31(19-21-32)33-22-23-41-38(28-33)37-15-7-8-17-40(37)49-41;1-3-10-26(11-4-1)30-14-9-15-32(24-30)39-41-37(28-12-5-2-6-13-28)40-38(42-39)29-20-18-27(19-21-29)31-22-23-36-34(25-31)33-16-7-8-17-35(33)43-36/h1-29H;1-28H;1-25H. The average Bonchev–Trinajstić information content (AvgIpc) is 1.43. The minimum atomic E-state index is 0.533. The number of imidazole rings is 1. The highest BCUT2D eigenvalue weighted by Crippen LogP contribution is 2.44. The molecule has 0 aliphatic carbocycles. The number of aromatic nitrogens is 12. The van der Waals surface area contributed by atoms with Crippen molar-refractivity contribution in [2.24, 2.45) is 0 Å². The predicted molar refractivity (Wildman–Crippen MR) is 598 cm³/mol. The lowest BCUT2D eigenvalue weighted by Crippen LogP contribution is -2.01. The van der Waals surface area contributed by atoms with Crippen LogP contribution in [0.5, 0.6) is 0 Å². The monoisotopic (exact) mass is 1890 g/mol. The third kappa shape index (κ3) is 17.8. The fourth-order valence-corrected chi connectivity index (χ4v) is 22.0. The Morgan fingerprint density at radius 2 is 0.417 bits per heavy atom. The van der Waals surface area contributed by atoms with Crippen molar-refractivity contribution in [3.05, 3.63) is 498 Å². The molecule has 27 aromatic rings. The summed E-state index contributed by atoms with van der Waals surface area (Å²) in [6.45, 7) is 0. The van der Waals surface area contributed by atoms with E-state index in [0.29, 0.717) is 58.1 Å². The van der Waals surface area contributed by atoms with Crippen LogP contribution in [0.2, 0.25) is 0 Å². The number of para-hydroxylation sites is 3. The summed E-state index contributed by atoms with van der Waals surface area (Å²) in [6, 6.07) is 171. The lowest BCUT2D eigenvalue weighted by molar-refractivity contribution is 1.06. The number of fused-ring (bicyclic) bond motifs is 10. The Kier molecular flexibility index (Phi) is 23.4. The fraction of sp³-hybridized carbons (Fsp3) is 0. The van der Waals surface area contributed by atoms with Crippen LogP contribution in [-0.4, -0.2) is 59.4 Å². The second-order valence-corrected chi connectivity index (χ2v) is 38.4. The van der Waals surface area contributed by atoms with Crippen LogP contribution in [0.25, 0.3) is 258 Å². The Balaban J connectivity index is 0.000000114.